The van der Waals surface area contributed by atoms with Crippen LogP contribution in [0.25, 0.3) is 10.1 Å². The molecule has 1 fully saturated rings. The summed E-state index contributed by atoms with van der Waals surface area (Å²) in [4.78, 5) is 4.94. The van der Waals surface area contributed by atoms with Crippen LogP contribution in [0, 0.1) is 0 Å². The highest BCUT2D eigenvalue weighted by atomic mass is 32.1. The van der Waals surface area contributed by atoms with Crippen LogP contribution in [0.2, 0.25) is 0 Å². The number of thiophene rings is 1. The molecule has 4 nitrogen and oxygen atoms in total. The molecule has 1 aliphatic rings. The number of nitrogens with two attached hydrogens (primary N) is 1. The first kappa shape index (κ1) is 17.2. The third-order valence-corrected chi connectivity index (χ3v) is 5.90. The second kappa shape index (κ2) is 7.56. The number of benzene rings is 2. The highest BCUT2D eigenvalue weighted by Crippen LogP contribution is 2.31. The lowest BCUT2D eigenvalue weighted by atomic mass is 10.1. The Labute approximate surface area is 158 Å². The van der Waals surface area contributed by atoms with Gasteiger partial charge in [-0.1, -0.05) is 19.1 Å². The minimum Gasteiger partial charge on any atom is -0.475 e. The zero-order valence-electron chi connectivity index (χ0n) is 15.1. The molecule has 4 rings (SSSR count). The quantitative estimate of drug-likeness (QED) is 0.678. The Morgan fingerprint density at radius 1 is 1.08 bits per heavy atom. The summed E-state index contributed by atoms with van der Waals surface area (Å²) in [5.74, 6) is 0.849. The predicted octanol–water partition coefficient (Wildman–Crippen LogP) is 4.42. The molecular weight excluding hydrogens is 342 g/mol. The van der Waals surface area contributed by atoms with Gasteiger partial charge in [0.1, 0.15) is 5.75 Å². The number of fused-ring (bicyclic) bond motifs is 1. The van der Waals surface area contributed by atoms with Crippen molar-refractivity contribution in [1.82, 2.24) is 4.90 Å². The molecule has 2 heterocycles. The van der Waals surface area contributed by atoms with Gasteiger partial charge in [0.05, 0.1) is 0 Å². The molecule has 0 spiro atoms. The zero-order chi connectivity index (χ0) is 17.9. The highest BCUT2D eigenvalue weighted by molar-refractivity contribution is 7.17. The van der Waals surface area contributed by atoms with E-state index in [4.69, 9.17) is 10.5 Å². The molecule has 5 heteroatoms. The summed E-state index contributed by atoms with van der Waals surface area (Å²) < 4.78 is 7.57. The molecule has 2 N–H and O–H groups in total. The molecule has 1 saturated heterocycles. The number of nitrogen functional groups attached to an aromatic ring is 1. The van der Waals surface area contributed by atoms with E-state index in [0.29, 0.717) is 0 Å². The molecule has 0 bridgehead atoms. The van der Waals surface area contributed by atoms with Crippen LogP contribution < -0.4 is 15.4 Å². The fourth-order valence-electron chi connectivity index (χ4n) is 3.67. The van der Waals surface area contributed by atoms with Crippen LogP contribution in [0.1, 0.15) is 13.3 Å². The smallest absolute Gasteiger partial charge is 0.152 e. The number of rotatable bonds is 5. The number of anilines is 2. The summed E-state index contributed by atoms with van der Waals surface area (Å²) in [6.45, 7) is 6.22. The van der Waals surface area contributed by atoms with Gasteiger partial charge in [0.15, 0.2) is 6.23 Å². The van der Waals surface area contributed by atoms with Crippen molar-refractivity contribution in [3.8, 4) is 5.75 Å². The fraction of sp³-hybridized carbons (Fsp3) is 0.333. The Kier molecular flexibility index (Phi) is 5.00. The standard InChI is InChI=1S/C21H25N3OS/c1-2-21(25-17-6-3-5-16(22)15-17)24-12-10-23(11-13-24)19-7-4-8-20-18(19)9-14-26-20/h3-9,14-15,21H,2,10-13,22H2,1H3. The molecule has 2 aromatic carbocycles. The van der Waals surface area contributed by atoms with Crippen molar-refractivity contribution in [2.24, 2.45) is 0 Å². The second-order valence-corrected chi connectivity index (χ2v) is 7.63. The maximum absolute atomic E-state index is 6.21. The zero-order valence-corrected chi connectivity index (χ0v) is 15.9. The highest BCUT2D eigenvalue weighted by Gasteiger charge is 2.25. The minimum atomic E-state index is 0.0934. The van der Waals surface area contributed by atoms with Crippen molar-refractivity contribution < 1.29 is 4.74 Å². The SMILES string of the molecule is CCC(Oc1cccc(N)c1)N1CCN(c2cccc3sccc23)CC1. The van der Waals surface area contributed by atoms with Crippen LogP contribution in [-0.2, 0) is 0 Å². The summed E-state index contributed by atoms with van der Waals surface area (Å²) in [5.41, 5.74) is 7.97. The molecule has 0 amide bonds. The Morgan fingerprint density at radius 2 is 1.88 bits per heavy atom. The Bertz CT molecular complexity index is 870. The van der Waals surface area contributed by atoms with Gasteiger partial charge in [0.25, 0.3) is 0 Å². The van der Waals surface area contributed by atoms with E-state index in [9.17, 15) is 0 Å². The Balaban J connectivity index is 1.43. The van der Waals surface area contributed by atoms with Crippen LogP contribution in [0.15, 0.2) is 53.9 Å². The van der Waals surface area contributed by atoms with Crippen molar-refractivity contribution in [2.45, 2.75) is 19.6 Å². The summed E-state index contributed by atoms with van der Waals surface area (Å²) in [6, 6.07) is 16.5. The largest absolute Gasteiger partial charge is 0.475 e. The van der Waals surface area contributed by atoms with Gasteiger partial charge in [0, 0.05) is 53.7 Å². The maximum atomic E-state index is 6.21. The summed E-state index contributed by atoms with van der Waals surface area (Å²) >= 11 is 1.81. The van der Waals surface area contributed by atoms with Crippen molar-refractivity contribution >= 4 is 32.8 Å². The molecule has 0 radical (unpaired) electrons. The van der Waals surface area contributed by atoms with Crippen LogP contribution in [0.4, 0.5) is 11.4 Å². The molecule has 0 saturated carbocycles. The van der Waals surface area contributed by atoms with Crippen molar-refractivity contribution in [3.05, 3.63) is 53.9 Å². The van der Waals surface area contributed by atoms with Gasteiger partial charge in [-0.3, -0.25) is 4.90 Å². The van der Waals surface area contributed by atoms with Crippen LogP contribution in [-0.4, -0.2) is 37.3 Å². The molecule has 136 valence electrons. The Morgan fingerprint density at radius 3 is 2.65 bits per heavy atom. The third kappa shape index (κ3) is 3.50. The predicted molar refractivity (Wildman–Crippen MR) is 111 cm³/mol. The topological polar surface area (TPSA) is 41.7 Å². The van der Waals surface area contributed by atoms with Crippen LogP contribution >= 0.6 is 11.3 Å². The Hall–Kier alpha value is -2.24. The second-order valence-electron chi connectivity index (χ2n) is 6.69. The molecule has 1 aliphatic heterocycles. The van der Waals surface area contributed by atoms with Gasteiger partial charge in [-0.15, -0.1) is 11.3 Å². The lowest BCUT2D eigenvalue weighted by molar-refractivity contribution is 0.0186. The molecule has 3 aromatic rings. The fourth-order valence-corrected chi connectivity index (χ4v) is 4.47. The van der Waals surface area contributed by atoms with E-state index in [1.54, 1.807) is 0 Å². The first-order chi connectivity index (χ1) is 12.7. The van der Waals surface area contributed by atoms with Gasteiger partial charge in [-0.2, -0.15) is 0 Å². The molecule has 1 aromatic heterocycles. The van der Waals surface area contributed by atoms with Crippen molar-refractivity contribution in [2.75, 3.05) is 36.8 Å². The summed E-state index contributed by atoms with van der Waals surface area (Å²) in [7, 11) is 0. The minimum absolute atomic E-state index is 0.0934. The first-order valence-corrected chi connectivity index (χ1v) is 10.1. The molecule has 1 atom stereocenters. The maximum Gasteiger partial charge on any atom is 0.152 e. The molecule has 0 aliphatic carbocycles. The number of hydrogen-bond acceptors (Lipinski definition) is 5. The van der Waals surface area contributed by atoms with E-state index in [-0.39, 0.29) is 6.23 Å². The molecular formula is C21H25N3OS. The summed E-state index contributed by atoms with van der Waals surface area (Å²) in [6.07, 6.45) is 1.05. The summed E-state index contributed by atoms with van der Waals surface area (Å²) in [5, 5.41) is 3.55. The van der Waals surface area contributed by atoms with Gasteiger partial charge in [0.2, 0.25) is 0 Å². The normalized spacial score (nSPS) is 16.7. The van der Waals surface area contributed by atoms with Crippen molar-refractivity contribution in [1.29, 1.82) is 0 Å². The molecule has 26 heavy (non-hydrogen) atoms. The first-order valence-electron chi connectivity index (χ1n) is 9.22. The number of piperazine rings is 1. The number of nitrogens with zero attached hydrogens (tertiary/aromatic N) is 2. The van der Waals surface area contributed by atoms with Gasteiger partial charge < -0.3 is 15.4 Å². The van der Waals surface area contributed by atoms with E-state index in [0.717, 1.165) is 44.0 Å². The monoisotopic (exact) mass is 367 g/mol. The van der Waals surface area contributed by atoms with E-state index in [1.807, 2.05) is 35.6 Å². The number of hydrogen-bond donors (Lipinski definition) is 1. The van der Waals surface area contributed by atoms with E-state index in [2.05, 4.69) is 46.4 Å². The average Bonchev–Trinajstić information content (AvgIpc) is 3.15. The van der Waals surface area contributed by atoms with E-state index in [1.165, 1.54) is 15.8 Å². The van der Waals surface area contributed by atoms with Crippen LogP contribution in [0.3, 0.4) is 0 Å². The molecule has 1 unspecified atom stereocenters. The van der Waals surface area contributed by atoms with E-state index >= 15 is 0 Å². The average molecular weight is 368 g/mol. The van der Waals surface area contributed by atoms with Gasteiger partial charge >= 0.3 is 0 Å². The van der Waals surface area contributed by atoms with Crippen molar-refractivity contribution in [3.63, 3.8) is 0 Å². The number of ether oxygens (including phenoxy) is 1. The van der Waals surface area contributed by atoms with Crippen LogP contribution in [0.5, 0.6) is 5.75 Å². The third-order valence-electron chi connectivity index (χ3n) is 5.01. The lowest BCUT2D eigenvalue weighted by Gasteiger charge is -2.40. The van der Waals surface area contributed by atoms with Gasteiger partial charge in [-0.25, -0.2) is 0 Å². The lowest BCUT2D eigenvalue weighted by Crippen LogP contribution is -2.52. The van der Waals surface area contributed by atoms with E-state index < -0.39 is 0 Å². The van der Waals surface area contributed by atoms with Gasteiger partial charge in [-0.05, 0) is 42.1 Å².